The largest absolute Gasteiger partial charge is 0.271 e. The molecule has 0 radical (unpaired) electrons. The minimum atomic E-state index is -0.0566. The minimum Gasteiger partial charge on any atom is -0.271 e. The van der Waals surface area contributed by atoms with Gasteiger partial charge in [0.15, 0.2) is 0 Å². The Morgan fingerprint density at radius 3 is 2.65 bits per heavy atom. The molecule has 1 aromatic heterocycles. The van der Waals surface area contributed by atoms with E-state index < -0.39 is 0 Å². The van der Waals surface area contributed by atoms with Gasteiger partial charge in [-0.2, -0.15) is 0 Å². The molecule has 0 bridgehead atoms. The van der Waals surface area contributed by atoms with Crippen molar-refractivity contribution in [3.63, 3.8) is 0 Å². The van der Waals surface area contributed by atoms with E-state index in [0.29, 0.717) is 0 Å². The molecule has 3 nitrogen and oxygen atoms in total. The zero-order valence-electron chi connectivity index (χ0n) is 10.8. The highest BCUT2D eigenvalue weighted by Gasteiger charge is 2.13. The van der Waals surface area contributed by atoms with E-state index in [4.69, 9.17) is 5.84 Å². The molecule has 0 saturated heterocycles. The third-order valence-corrected chi connectivity index (χ3v) is 3.81. The lowest BCUT2D eigenvalue weighted by atomic mass is 9.98. The molecular formula is C16H14BrN3. The molecule has 3 N–H and O–H groups in total. The summed E-state index contributed by atoms with van der Waals surface area (Å²) in [4.78, 5) is 4.39. The summed E-state index contributed by atoms with van der Waals surface area (Å²) < 4.78 is 1.04. The van der Waals surface area contributed by atoms with E-state index in [1.807, 2.05) is 18.2 Å². The summed E-state index contributed by atoms with van der Waals surface area (Å²) in [5, 5.41) is 1.13. The molecule has 0 saturated carbocycles. The second kappa shape index (κ2) is 5.71. The average molecular weight is 328 g/mol. The van der Waals surface area contributed by atoms with Crippen LogP contribution in [0.1, 0.15) is 17.2 Å². The zero-order chi connectivity index (χ0) is 13.9. The molecule has 0 fully saturated rings. The topological polar surface area (TPSA) is 50.9 Å². The van der Waals surface area contributed by atoms with Gasteiger partial charge in [-0.15, -0.1) is 0 Å². The molecule has 0 aliphatic carbocycles. The Bertz CT molecular complexity index is 742. The van der Waals surface area contributed by atoms with Gasteiger partial charge in [-0.1, -0.05) is 46.3 Å². The number of pyridine rings is 1. The van der Waals surface area contributed by atoms with Crippen molar-refractivity contribution in [3.8, 4) is 0 Å². The predicted molar refractivity (Wildman–Crippen MR) is 85.1 cm³/mol. The van der Waals surface area contributed by atoms with Crippen molar-refractivity contribution < 1.29 is 0 Å². The van der Waals surface area contributed by atoms with Crippen LogP contribution in [-0.4, -0.2) is 4.98 Å². The van der Waals surface area contributed by atoms with Crippen LogP contribution in [0.4, 0.5) is 0 Å². The van der Waals surface area contributed by atoms with Gasteiger partial charge in [0, 0.05) is 16.1 Å². The Labute approximate surface area is 125 Å². The molecule has 1 atom stereocenters. The Hall–Kier alpha value is -1.75. The van der Waals surface area contributed by atoms with Crippen LogP contribution in [-0.2, 0) is 0 Å². The molecule has 1 heterocycles. The van der Waals surface area contributed by atoms with Crippen molar-refractivity contribution in [2.24, 2.45) is 5.84 Å². The maximum atomic E-state index is 5.75. The third-order valence-electron chi connectivity index (χ3n) is 3.31. The van der Waals surface area contributed by atoms with Crippen LogP contribution >= 0.6 is 15.9 Å². The van der Waals surface area contributed by atoms with Gasteiger partial charge in [-0.25, -0.2) is 5.43 Å². The lowest BCUT2D eigenvalue weighted by molar-refractivity contribution is 0.637. The van der Waals surface area contributed by atoms with Gasteiger partial charge in [0.05, 0.1) is 11.6 Å². The van der Waals surface area contributed by atoms with E-state index >= 15 is 0 Å². The highest BCUT2D eigenvalue weighted by atomic mass is 79.9. The number of benzene rings is 2. The van der Waals surface area contributed by atoms with E-state index in [-0.39, 0.29) is 6.04 Å². The van der Waals surface area contributed by atoms with E-state index in [1.165, 1.54) is 0 Å². The number of aromatic nitrogens is 1. The molecule has 0 aliphatic heterocycles. The van der Waals surface area contributed by atoms with Crippen LogP contribution < -0.4 is 11.3 Å². The highest BCUT2D eigenvalue weighted by molar-refractivity contribution is 9.10. The molecule has 3 rings (SSSR count). The summed E-state index contributed by atoms with van der Waals surface area (Å²) in [6, 6.07) is 18.3. The third kappa shape index (κ3) is 2.58. The number of hydrazine groups is 1. The summed E-state index contributed by atoms with van der Waals surface area (Å²) in [7, 11) is 0. The normalized spacial score (nSPS) is 12.5. The molecule has 1 unspecified atom stereocenters. The Morgan fingerprint density at radius 1 is 1.00 bits per heavy atom. The van der Waals surface area contributed by atoms with Crippen LogP contribution in [0, 0.1) is 0 Å². The number of nitrogens with one attached hydrogen (secondary N) is 1. The van der Waals surface area contributed by atoms with Gasteiger partial charge in [0.25, 0.3) is 0 Å². The number of rotatable bonds is 3. The van der Waals surface area contributed by atoms with Gasteiger partial charge in [-0.05, 0) is 35.4 Å². The molecule has 100 valence electrons. The molecule has 20 heavy (non-hydrogen) atoms. The second-order valence-corrected chi connectivity index (χ2v) is 5.53. The number of fused-ring (bicyclic) bond motifs is 1. The van der Waals surface area contributed by atoms with Gasteiger partial charge in [0.2, 0.25) is 0 Å². The molecular weight excluding hydrogens is 314 g/mol. The van der Waals surface area contributed by atoms with Gasteiger partial charge < -0.3 is 0 Å². The number of nitrogens with two attached hydrogens (primary N) is 1. The second-order valence-electron chi connectivity index (χ2n) is 4.61. The number of nitrogens with zero attached hydrogens (tertiary/aromatic N) is 1. The maximum absolute atomic E-state index is 5.75. The smallest absolute Gasteiger partial charge is 0.0711 e. The van der Waals surface area contributed by atoms with E-state index in [0.717, 1.165) is 26.5 Å². The number of hydrogen-bond donors (Lipinski definition) is 2. The van der Waals surface area contributed by atoms with Crippen LogP contribution in [0.2, 0.25) is 0 Å². The first-order chi connectivity index (χ1) is 9.78. The lowest BCUT2D eigenvalue weighted by Crippen LogP contribution is -2.28. The summed E-state index contributed by atoms with van der Waals surface area (Å²) in [6.07, 6.45) is 1.80. The van der Waals surface area contributed by atoms with Crippen LogP contribution in [0.3, 0.4) is 0 Å². The van der Waals surface area contributed by atoms with E-state index in [2.05, 4.69) is 62.7 Å². The Morgan fingerprint density at radius 2 is 1.85 bits per heavy atom. The summed E-state index contributed by atoms with van der Waals surface area (Å²) in [5.74, 6) is 5.75. The Kier molecular flexibility index (Phi) is 3.78. The minimum absolute atomic E-state index is 0.0566. The monoisotopic (exact) mass is 327 g/mol. The number of hydrogen-bond acceptors (Lipinski definition) is 3. The van der Waals surface area contributed by atoms with E-state index in [9.17, 15) is 0 Å². The number of halogens is 1. The molecule has 0 aliphatic rings. The van der Waals surface area contributed by atoms with Gasteiger partial charge >= 0.3 is 0 Å². The first kappa shape index (κ1) is 13.2. The van der Waals surface area contributed by atoms with Crippen LogP contribution in [0.15, 0.2) is 65.3 Å². The van der Waals surface area contributed by atoms with Gasteiger partial charge in [0.1, 0.15) is 0 Å². The Balaban J connectivity index is 2.07. The van der Waals surface area contributed by atoms with Crippen LogP contribution in [0.5, 0.6) is 0 Å². The highest BCUT2D eigenvalue weighted by Crippen LogP contribution is 2.26. The van der Waals surface area contributed by atoms with Gasteiger partial charge in [-0.3, -0.25) is 10.8 Å². The maximum Gasteiger partial charge on any atom is 0.0711 e. The first-order valence-corrected chi connectivity index (χ1v) is 7.13. The fraction of sp³-hybridized carbons (Fsp3) is 0.0625. The van der Waals surface area contributed by atoms with Crippen molar-refractivity contribution >= 4 is 26.8 Å². The van der Waals surface area contributed by atoms with Crippen LogP contribution in [0.25, 0.3) is 10.9 Å². The van der Waals surface area contributed by atoms with Crippen molar-refractivity contribution in [2.45, 2.75) is 6.04 Å². The van der Waals surface area contributed by atoms with Crippen molar-refractivity contribution in [1.82, 2.24) is 10.4 Å². The molecule has 2 aromatic carbocycles. The summed E-state index contributed by atoms with van der Waals surface area (Å²) in [6.45, 7) is 0. The SMILES string of the molecule is NNC(c1cccc(Br)c1)c1ccc2cccnc2c1. The molecule has 3 aromatic rings. The first-order valence-electron chi connectivity index (χ1n) is 6.34. The zero-order valence-corrected chi connectivity index (χ0v) is 12.3. The molecule has 0 spiro atoms. The quantitative estimate of drug-likeness (QED) is 0.571. The van der Waals surface area contributed by atoms with E-state index in [1.54, 1.807) is 6.20 Å². The fourth-order valence-corrected chi connectivity index (χ4v) is 2.75. The lowest BCUT2D eigenvalue weighted by Gasteiger charge is -2.17. The summed E-state index contributed by atoms with van der Waals surface area (Å²) >= 11 is 3.49. The standard InChI is InChI=1S/C16H14BrN3/c17-14-5-1-3-12(9-14)16(20-18)13-7-6-11-4-2-8-19-15(11)10-13/h1-10,16,20H,18H2. The summed E-state index contributed by atoms with van der Waals surface area (Å²) in [5.41, 5.74) is 6.05. The molecule has 0 amide bonds. The fourth-order valence-electron chi connectivity index (χ4n) is 2.33. The molecule has 4 heteroatoms. The van der Waals surface area contributed by atoms with Crippen molar-refractivity contribution in [1.29, 1.82) is 0 Å². The van der Waals surface area contributed by atoms with Crippen molar-refractivity contribution in [2.75, 3.05) is 0 Å². The average Bonchev–Trinajstić information content (AvgIpc) is 2.48. The predicted octanol–water partition coefficient (Wildman–Crippen LogP) is 3.55. The van der Waals surface area contributed by atoms with Crippen molar-refractivity contribution in [3.05, 3.63) is 76.4 Å².